The number of carboxylic acid groups (broad SMARTS) is 2. The molecule has 0 saturated carbocycles. The highest BCUT2D eigenvalue weighted by Gasteiger charge is 2.29. The fourth-order valence-electron chi connectivity index (χ4n) is 2.59. The number of hydrogen-bond acceptors (Lipinski definition) is 4. The molecule has 0 radical (unpaired) electrons. The first-order chi connectivity index (χ1) is 9.99. The molecule has 114 valence electrons. The van der Waals surface area contributed by atoms with Crippen molar-refractivity contribution in [3.63, 3.8) is 0 Å². The fraction of sp³-hybridized carbons (Fsp3) is 0.467. The van der Waals surface area contributed by atoms with Crippen molar-refractivity contribution in [2.45, 2.75) is 44.2 Å². The highest BCUT2D eigenvalue weighted by Crippen LogP contribution is 2.30. The number of nitrogens with two attached hydrogens (primary N) is 1. The lowest BCUT2D eigenvalue weighted by molar-refractivity contribution is -0.143. The molecule has 6 nitrogen and oxygen atoms in total. The second-order valence-corrected chi connectivity index (χ2v) is 5.22. The van der Waals surface area contributed by atoms with Crippen molar-refractivity contribution in [3.05, 3.63) is 29.3 Å². The molecule has 4 N–H and O–H groups in total. The van der Waals surface area contributed by atoms with E-state index in [1.54, 1.807) is 6.07 Å². The lowest BCUT2D eigenvalue weighted by Crippen LogP contribution is -2.46. The van der Waals surface area contributed by atoms with Crippen LogP contribution in [0.1, 0.15) is 30.4 Å². The van der Waals surface area contributed by atoms with Crippen molar-refractivity contribution < 1.29 is 24.5 Å². The van der Waals surface area contributed by atoms with Crippen molar-refractivity contribution in [1.29, 1.82) is 0 Å². The number of carboxylic acids is 2. The summed E-state index contributed by atoms with van der Waals surface area (Å²) in [6, 6.07) is 4.22. The normalized spacial score (nSPS) is 16.6. The Labute approximate surface area is 122 Å². The smallest absolute Gasteiger partial charge is 0.324 e. The molecule has 0 heterocycles. The molecule has 2 rings (SSSR count). The molecule has 2 unspecified atom stereocenters. The Balaban J connectivity index is 2.24. The predicted octanol–water partition coefficient (Wildman–Crippen LogP) is 1.20. The molecule has 1 aliphatic carbocycles. The van der Waals surface area contributed by atoms with E-state index in [1.165, 1.54) is 5.56 Å². The highest BCUT2D eigenvalue weighted by atomic mass is 16.5. The Hall–Kier alpha value is -2.08. The van der Waals surface area contributed by atoms with Crippen LogP contribution in [0.4, 0.5) is 0 Å². The van der Waals surface area contributed by atoms with Crippen LogP contribution in [0.2, 0.25) is 0 Å². The summed E-state index contributed by atoms with van der Waals surface area (Å²) in [4.78, 5) is 21.9. The quantitative estimate of drug-likeness (QED) is 0.727. The van der Waals surface area contributed by atoms with Gasteiger partial charge in [0.1, 0.15) is 17.9 Å². The Bertz CT molecular complexity index is 543. The maximum absolute atomic E-state index is 11.0. The monoisotopic (exact) mass is 293 g/mol. The number of aliphatic carboxylic acids is 2. The molecule has 0 aromatic heterocycles. The van der Waals surface area contributed by atoms with Gasteiger partial charge in [-0.05, 0) is 42.9 Å². The number of ether oxygens (including phenoxy) is 1. The first kappa shape index (κ1) is 15.3. The Morgan fingerprint density at radius 3 is 2.62 bits per heavy atom. The average molecular weight is 293 g/mol. The third-order valence-corrected chi connectivity index (χ3v) is 3.69. The van der Waals surface area contributed by atoms with Crippen LogP contribution in [0.5, 0.6) is 5.75 Å². The van der Waals surface area contributed by atoms with Gasteiger partial charge in [-0.2, -0.15) is 0 Å². The van der Waals surface area contributed by atoms with Crippen LogP contribution in [0, 0.1) is 0 Å². The lowest BCUT2D eigenvalue weighted by Gasteiger charge is -2.25. The van der Waals surface area contributed by atoms with E-state index in [-0.39, 0.29) is 0 Å². The van der Waals surface area contributed by atoms with Crippen LogP contribution in [-0.4, -0.2) is 34.3 Å². The molecule has 6 heteroatoms. The Kier molecular flexibility index (Phi) is 4.80. The van der Waals surface area contributed by atoms with E-state index in [0.717, 1.165) is 31.2 Å². The summed E-state index contributed by atoms with van der Waals surface area (Å²) in [7, 11) is 0. The van der Waals surface area contributed by atoms with E-state index in [0.29, 0.717) is 5.75 Å². The van der Waals surface area contributed by atoms with Gasteiger partial charge in [0.15, 0.2) is 0 Å². The van der Waals surface area contributed by atoms with Crippen molar-refractivity contribution in [1.82, 2.24) is 0 Å². The van der Waals surface area contributed by atoms with Gasteiger partial charge in [-0.3, -0.25) is 9.59 Å². The SMILES string of the molecule is NC(C(=O)O)C(CC(=O)O)Oc1cccc2c1CCCC2. The van der Waals surface area contributed by atoms with Crippen molar-refractivity contribution in [2.75, 3.05) is 0 Å². The molecule has 1 aromatic rings. The second-order valence-electron chi connectivity index (χ2n) is 5.22. The zero-order valence-electron chi connectivity index (χ0n) is 11.6. The van der Waals surface area contributed by atoms with E-state index in [4.69, 9.17) is 20.7 Å². The maximum atomic E-state index is 11.0. The first-order valence-electron chi connectivity index (χ1n) is 6.96. The van der Waals surface area contributed by atoms with Gasteiger partial charge >= 0.3 is 11.9 Å². The molecule has 0 amide bonds. The van der Waals surface area contributed by atoms with Gasteiger partial charge in [-0.1, -0.05) is 12.1 Å². The van der Waals surface area contributed by atoms with Gasteiger partial charge in [0.2, 0.25) is 0 Å². The van der Waals surface area contributed by atoms with Crippen molar-refractivity contribution in [2.24, 2.45) is 5.73 Å². The van der Waals surface area contributed by atoms with Gasteiger partial charge in [0.05, 0.1) is 6.42 Å². The number of aryl methyl sites for hydroxylation is 1. The minimum Gasteiger partial charge on any atom is -0.487 e. The summed E-state index contributed by atoms with van der Waals surface area (Å²) in [5, 5.41) is 17.9. The largest absolute Gasteiger partial charge is 0.487 e. The summed E-state index contributed by atoms with van der Waals surface area (Å²) < 4.78 is 5.66. The summed E-state index contributed by atoms with van der Waals surface area (Å²) in [5.74, 6) is -1.86. The van der Waals surface area contributed by atoms with Crippen molar-refractivity contribution >= 4 is 11.9 Å². The summed E-state index contributed by atoms with van der Waals surface area (Å²) >= 11 is 0. The van der Waals surface area contributed by atoms with Crippen LogP contribution >= 0.6 is 0 Å². The first-order valence-corrected chi connectivity index (χ1v) is 6.96. The van der Waals surface area contributed by atoms with Crippen LogP contribution in [0.25, 0.3) is 0 Å². The topological polar surface area (TPSA) is 110 Å². The molecular weight excluding hydrogens is 274 g/mol. The molecule has 21 heavy (non-hydrogen) atoms. The molecule has 0 fully saturated rings. The number of benzene rings is 1. The summed E-state index contributed by atoms with van der Waals surface area (Å²) in [6.07, 6.45) is 2.44. The molecular formula is C15H19NO5. The van der Waals surface area contributed by atoms with E-state index in [1.807, 2.05) is 12.1 Å². The zero-order chi connectivity index (χ0) is 15.4. The molecule has 1 aliphatic rings. The van der Waals surface area contributed by atoms with Crippen LogP contribution in [-0.2, 0) is 22.4 Å². The van der Waals surface area contributed by atoms with Gasteiger partial charge < -0.3 is 20.7 Å². The van der Waals surface area contributed by atoms with Crippen LogP contribution < -0.4 is 10.5 Å². The zero-order valence-corrected chi connectivity index (χ0v) is 11.6. The Morgan fingerprint density at radius 2 is 1.95 bits per heavy atom. The van der Waals surface area contributed by atoms with E-state index in [9.17, 15) is 9.59 Å². The minimum absolute atomic E-state index is 0.447. The number of carbonyl (C=O) groups is 2. The Morgan fingerprint density at radius 1 is 1.24 bits per heavy atom. The third-order valence-electron chi connectivity index (χ3n) is 3.69. The average Bonchev–Trinajstić information content (AvgIpc) is 2.45. The lowest BCUT2D eigenvalue weighted by atomic mass is 9.91. The molecule has 0 aliphatic heterocycles. The van der Waals surface area contributed by atoms with Gasteiger partial charge in [-0.25, -0.2) is 0 Å². The fourth-order valence-corrected chi connectivity index (χ4v) is 2.59. The van der Waals surface area contributed by atoms with E-state index >= 15 is 0 Å². The van der Waals surface area contributed by atoms with Gasteiger partial charge in [0.25, 0.3) is 0 Å². The predicted molar refractivity (Wildman–Crippen MR) is 75.4 cm³/mol. The number of rotatable bonds is 6. The highest BCUT2D eigenvalue weighted by molar-refractivity contribution is 5.76. The van der Waals surface area contributed by atoms with Crippen molar-refractivity contribution in [3.8, 4) is 5.75 Å². The summed E-state index contributed by atoms with van der Waals surface area (Å²) in [5.41, 5.74) is 7.76. The van der Waals surface area contributed by atoms with E-state index < -0.39 is 30.5 Å². The number of hydrogen-bond donors (Lipinski definition) is 3. The van der Waals surface area contributed by atoms with E-state index in [2.05, 4.69) is 0 Å². The van der Waals surface area contributed by atoms with Crippen LogP contribution in [0.15, 0.2) is 18.2 Å². The second kappa shape index (κ2) is 6.58. The standard InChI is InChI=1S/C15H19NO5/c16-14(15(19)20)12(8-13(17)18)21-11-7-3-5-9-4-1-2-6-10(9)11/h3,5,7,12,14H,1-2,4,6,8,16H2,(H,17,18)(H,19,20). The third kappa shape index (κ3) is 3.72. The molecule has 0 spiro atoms. The van der Waals surface area contributed by atoms with Crippen LogP contribution in [0.3, 0.4) is 0 Å². The van der Waals surface area contributed by atoms with Gasteiger partial charge in [-0.15, -0.1) is 0 Å². The molecule has 2 atom stereocenters. The molecule has 0 saturated heterocycles. The molecule has 1 aromatic carbocycles. The maximum Gasteiger partial charge on any atom is 0.324 e. The minimum atomic E-state index is -1.37. The number of fused-ring (bicyclic) bond motifs is 1. The molecule has 0 bridgehead atoms. The summed E-state index contributed by atoms with van der Waals surface area (Å²) in [6.45, 7) is 0. The van der Waals surface area contributed by atoms with Gasteiger partial charge in [0, 0.05) is 0 Å².